The van der Waals surface area contributed by atoms with Crippen LogP contribution in [0.15, 0.2) is 85.3 Å². The molecule has 9 heteroatoms. The van der Waals surface area contributed by atoms with Crippen molar-refractivity contribution in [2.24, 2.45) is 0 Å². The summed E-state index contributed by atoms with van der Waals surface area (Å²) in [5.41, 5.74) is 4.37. The molecule has 41 heavy (non-hydrogen) atoms. The van der Waals surface area contributed by atoms with E-state index in [9.17, 15) is 14.7 Å². The van der Waals surface area contributed by atoms with Gasteiger partial charge in [0.15, 0.2) is 0 Å². The van der Waals surface area contributed by atoms with Gasteiger partial charge in [-0.1, -0.05) is 36.4 Å². The smallest absolute Gasteiger partial charge is 0.253 e. The molecule has 2 heterocycles. The van der Waals surface area contributed by atoms with Gasteiger partial charge in [-0.3, -0.25) is 19.3 Å². The lowest BCUT2D eigenvalue weighted by atomic mass is 9.99. The second-order valence-electron chi connectivity index (χ2n) is 10.2. The van der Waals surface area contributed by atoms with Crippen LogP contribution in [0.3, 0.4) is 0 Å². The molecule has 0 aliphatic heterocycles. The highest BCUT2D eigenvalue weighted by molar-refractivity contribution is 6.00. The molecule has 4 aromatic rings. The van der Waals surface area contributed by atoms with Crippen molar-refractivity contribution in [1.29, 1.82) is 0 Å². The molecular weight excluding hydrogens is 516 g/mol. The zero-order valence-corrected chi connectivity index (χ0v) is 23.8. The van der Waals surface area contributed by atoms with Gasteiger partial charge in [0.1, 0.15) is 0 Å². The number of aliphatic hydroxyl groups is 1. The molecule has 0 spiro atoms. The zero-order valence-electron chi connectivity index (χ0n) is 23.8. The van der Waals surface area contributed by atoms with E-state index in [0.29, 0.717) is 30.6 Å². The third-order valence-electron chi connectivity index (χ3n) is 6.83. The van der Waals surface area contributed by atoms with E-state index in [2.05, 4.69) is 20.7 Å². The minimum atomic E-state index is -0.851. The predicted octanol–water partition coefficient (Wildman–Crippen LogP) is 3.37. The summed E-state index contributed by atoms with van der Waals surface area (Å²) in [5.74, 6) is -0.552. The van der Waals surface area contributed by atoms with Crippen LogP contribution in [0, 0.1) is 6.92 Å². The van der Waals surface area contributed by atoms with Crippen LogP contribution in [0.2, 0.25) is 0 Å². The van der Waals surface area contributed by atoms with Crippen molar-refractivity contribution in [2.45, 2.75) is 52.0 Å². The first-order valence-electron chi connectivity index (χ1n) is 13.8. The van der Waals surface area contributed by atoms with Gasteiger partial charge in [-0.2, -0.15) is 5.10 Å². The Hall–Kier alpha value is -4.34. The van der Waals surface area contributed by atoms with Crippen molar-refractivity contribution < 1.29 is 14.7 Å². The van der Waals surface area contributed by atoms with E-state index in [-0.39, 0.29) is 18.4 Å². The minimum Gasteiger partial charge on any atom is -0.390 e. The van der Waals surface area contributed by atoms with E-state index < -0.39 is 12.1 Å². The van der Waals surface area contributed by atoms with Crippen molar-refractivity contribution in [1.82, 2.24) is 30.3 Å². The first-order chi connectivity index (χ1) is 19.8. The van der Waals surface area contributed by atoms with Gasteiger partial charge in [-0.15, -0.1) is 0 Å². The summed E-state index contributed by atoms with van der Waals surface area (Å²) in [4.78, 5) is 32.6. The monoisotopic (exact) mass is 554 g/mol. The first-order valence-corrected chi connectivity index (χ1v) is 13.8. The molecular formula is C32H38N6O3. The molecule has 2 atom stereocenters. The van der Waals surface area contributed by atoms with Crippen LogP contribution in [0.1, 0.15) is 50.0 Å². The molecule has 3 N–H and O–H groups in total. The number of amides is 2. The fourth-order valence-electron chi connectivity index (χ4n) is 4.64. The molecule has 0 aliphatic carbocycles. The van der Waals surface area contributed by atoms with Crippen LogP contribution in [-0.4, -0.2) is 62.3 Å². The Balaban J connectivity index is 1.45. The molecule has 2 aromatic carbocycles. The van der Waals surface area contributed by atoms with Gasteiger partial charge in [0.05, 0.1) is 30.6 Å². The number of hydrogen-bond donors (Lipinski definition) is 3. The standard InChI is InChI=1S/C32H38N6O3/c1-4-38-21-25(19-35-38)18-33-20-30(39)29(16-24-10-6-5-7-11-24)36-31(40)26-14-23(2)15-27(17-26)32(41)37(3)22-28-12-8-9-13-34-28/h5-15,17,19,21,29-30,33,39H,4,16,18,20,22H2,1-3H3,(H,36,40)/t29-,30+/m0/s1. The number of rotatable bonds is 13. The largest absolute Gasteiger partial charge is 0.390 e. The quantitative estimate of drug-likeness (QED) is 0.234. The minimum absolute atomic E-state index is 0.204. The Morgan fingerprint density at radius 3 is 2.49 bits per heavy atom. The van der Waals surface area contributed by atoms with Crippen LogP contribution in [-0.2, 0) is 26.1 Å². The number of benzene rings is 2. The average Bonchev–Trinajstić information content (AvgIpc) is 3.45. The number of aliphatic hydroxyl groups excluding tert-OH is 1. The second kappa shape index (κ2) is 14.3. The van der Waals surface area contributed by atoms with Gasteiger partial charge in [-0.25, -0.2) is 0 Å². The van der Waals surface area contributed by atoms with Gasteiger partial charge < -0.3 is 20.6 Å². The molecule has 0 fully saturated rings. The number of nitrogens with zero attached hydrogens (tertiary/aromatic N) is 4. The highest BCUT2D eigenvalue weighted by Crippen LogP contribution is 2.15. The number of aryl methyl sites for hydroxylation is 2. The van der Waals surface area contributed by atoms with E-state index in [4.69, 9.17) is 0 Å². The molecule has 214 valence electrons. The summed E-state index contributed by atoms with van der Waals surface area (Å²) in [5, 5.41) is 21.7. The Bertz CT molecular complexity index is 1420. The van der Waals surface area contributed by atoms with E-state index in [0.717, 1.165) is 28.9 Å². The molecule has 9 nitrogen and oxygen atoms in total. The van der Waals surface area contributed by atoms with E-state index >= 15 is 0 Å². The molecule has 0 bridgehead atoms. The van der Waals surface area contributed by atoms with Crippen molar-refractivity contribution in [3.63, 3.8) is 0 Å². The van der Waals surface area contributed by atoms with E-state index in [1.165, 1.54) is 0 Å². The normalized spacial score (nSPS) is 12.5. The van der Waals surface area contributed by atoms with Crippen molar-refractivity contribution >= 4 is 11.8 Å². The third-order valence-corrected chi connectivity index (χ3v) is 6.83. The summed E-state index contributed by atoms with van der Waals surface area (Å²) in [7, 11) is 1.71. The number of carbonyl (C=O) groups excluding carboxylic acids is 2. The summed E-state index contributed by atoms with van der Waals surface area (Å²) in [6.07, 6.45) is 5.06. The van der Waals surface area contributed by atoms with Crippen molar-refractivity contribution in [3.05, 3.63) is 119 Å². The van der Waals surface area contributed by atoms with Crippen molar-refractivity contribution in [2.75, 3.05) is 13.6 Å². The number of hydrogen-bond acceptors (Lipinski definition) is 6. The fraction of sp³-hybridized carbons (Fsp3) is 0.312. The van der Waals surface area contributed by atoms with E-state index in [1.54, 1.807) is 42.5 Å². The van der Waals surface area contributed by atoms with Gasteiger partial charge in [0, 0.05) is 55.8 Å². The van der Waals surface area contributed by atoms with Crippen molar-refractivity contribution in [3.8, 4) is 0 Å². The highest BCUT2D eigenvalue weighted by atomic mass is 16.3. The summed E-state index contributed by atoms with van der Waals surface area (Å²) >= 11 is 0. The van der Waals surface area contributed by atoms with Crippen LogP contribution < -0.4 is 10.6 Å². The Labute approximate surface area is 241 Å². The van der Waals surface area contributed by atoms with E-state index in [1.807, 2.05) is 73.3 Å². The lowest BCUT2D eigenvalue weighted by molar-refractivity contribution is 0.0783. The molecule has 0 saturated carbocycles. The third kappa shape index (κ3) is 8.57. The summed E-state index contributed by atoms with van der Waals surface area (Å²) < 4.78 is 1.85. The molecule has 2 aromatic heterocycles. The van der Waals surface area contributed by atoms with Gasteiger partial charge in [0.25, 0.3) is 11.8 Å². The molecule has 0 saturated heterocycles. The number of pyridine rings is 1. The second-order valence-corrected chi connectivity index (χ2v) is 10.2. The highest BCUT2D eigenvalue weighted by Gasteiger charge is 2.24. The Morgan fingerprint density at radius 2 is 1.78 bits per heavy atom. The summed E-state index contributed by atoms with van der Waals surface area (Å²) in [6.45, 7) is 5.86. The number of carbonyl (C=O) groups is 2. The topological polar surface area (TPSA) is 112 Å². The maximum absolute atomic E-state index is 13.5. The predicted molar refractivity (Wildman–Crippen MR) is 158 cm³/mol. The van der Waals surface area contributed by atoms with Crippen LogP contribution in [0.4, 0.5) is 0 Å². The molecule has 2 amide bonds. The Morgan fingerprint density at radius 1 is 1.02 bits per heavy atom. The SMILES string of the molecule is CCn1cc(CNC[C@@H](O)[C@H](Cc2ccccc2)NC(=O)c2cc(C)cc(C(=O)N(C)Cc3ccccn3)c2)cn1. The number of nitrogens with one attached hydrogen (secondary N) is 2. The lowest BCUT2D eigenvalue weighted by Gasteiger charge is -2.25. The molecule has 0 unspecified atom stereocenters. The van der Waals surface area contributed by atoms with Crippen LogP contribution in [0.25, 0.3) is 0 Å². The lowest BCUT2D eigenvalue weighted by Crippen LogP contribution is -2.48. The maximum atomic E-state index is 13.5. The average molecular weight is 555 g/mol. The van der Waals surface area contributed by atoms with Gasteiger partial charge in [0.2, 0.25) is 0 Å². The molecule has 4 rings (SSSR count). The van der Waals surface area contributed by atoms with Gasteiger partial charge >= 0.3 is 0 Å². The molecule has 0 aliphatic rings. The van der Waals surface area contributed by atoms with Crippen LogP contribution in [0.5, 0.6) is 0 Å². The summed E-state index contributed by atoms with van der Waals surface area (Å²) in [6, 6.07) is 19.9. The number of aromatic nitrogens is 3. The molecule has 0 radical (unpaired) electrons. The van der Waals surface area contributed by atoms with Gasteiger partial charge in [-0.05, 0) is 61.7 Å². The maximum Gasteiger partial charge on any atom is 0.253 e. The Kier molecular flexibility index (Phi) is 10.4. The first kappa shape index (κ1) is 29.6. The fourth-order valence-corrected chi connectivity index (χ4v) is 4.64. The van der Waals surface area contributed by atoms with Crippen LogP contribution >= 0.6 is 0 Å². The zero-order chi connectivity index (χ0) is 29.2.